The molecule has 0 saturated heterocycles. The Balaban J connectivity index is 1.76. The highest BCUT2D eigenvalue weighted by molar-refractivity contribution is 5.93. The molecule has 9 nitrogen and oxygen atoms in total. The number of nitrogens with zero attached hydrogens (tertiary/aromatic N) is 2. The van der Waals surface area contributed by atoms with Crippen LogP contribution < -0.4 is 16.6 Å². The highest BCUT2D eigenvalue weighted by Crippen LogP contribution is 2.45. The lowest BCUT2D eigenvalue weighted by atomic mass is 9.81. The summed E-state index contributed by atoms with van der Waals surface area (Å²) in [7, 11) is 1.51. The highest BCUT2D eigenvalue weighted by Gasteiger charge is 2.35. The van der Waals surface area contributed by atoms with Crippen LogP contribution in [0.5, 0.6) is 0 Å². The van der Waals surface area contributed by atoms with Gasteiger partial charge in [-0.05, 0) is 54.5 Å². The molecular formula is C28H31FN4O5. The molecule has 10 heteroatoms. The number of aromatic nitrogens is 2. The monoisotopic (exact) mass is 522 g/mol. The van der Waals surface area contributed by atoms with Gasteiger partial charge in [-0.25, -0.2) is 9.37 Å². The number of ether oxygens (including phenoxy) is 2. The van der Waals surface area contributed by atoms with Crippen LogP contribution in [-0.4, -0.2) is 42.2 Å². The van der Waals surface area contributed by atoms with Gasteiger partial charge in [-0.15, -0.1) is 0 Å². The zero-order valence-electron chi connectivity index (χ0n) is 21.7. The van der Waals surface area contributed by atoms with Crippen LogP contribution in [-0.2, 0) is 38.6 Å². The molecule has 1 amide bonds. The van der Waals surface area contributed by atoms with E-state index in [1.807, 2.05) is 13.0 Å². The van der Waals surface area contributed by atoms with Gasteiger partial charge in [0.25, 0.3) is 5.56 Å². The first-order chi connectivity index (χ1) is 18.3. The van der Waals surface area contributed by atoms with Gasteiger partial charge in [0.05, 0.1) is 42.8 Å². The zero-order chi connectivity index (χ0) is 27.1. The summed E-state index contributed by atoms with van der Waals surface area (Å²) in [4.78, 5) is 43.1. The van der Waals surface area contributed by atoms with Crippen molar-refractivity contribution in [3.05, 3.63) is 61.7 Å². The Hall–Kier alpha value is -3.47. The van der Waals surface area contributed by atoms with Crippen molar-refractivity contribution in [1.29, 1.82) is 0 Å². The van der Waals surface area contributed by atoms with Crippen molar-refractivity contribution in [2.24, 2.45) is 5.73 Å². The molecule has 0 radical (unpaired) electrons. The molecule has 0 fully saturated rings. The summed E-state index contributed by atoms with van der Waals surface area (Å²) < 4.78 is 27.0. The first-order valence-corrected chi connectivity index (χ1v) is 12.8. The average Bonchev–Trinajstić information content (AvgIpc) is 3.27. The van der Waals surface area contributed by atoms with Crippen LogP contribution in [0.15, 0.2) is 16.9 Å². The van der Waals surface area contributed by atoms with Gasteiger partial charge >= 0.3 is 0 Å². The van der Waals surface area contributed by atoms with Crippen LogP contribution in [0.3, 0.4) is 0 Å². The average molecular weight is 523 g/mol. The van der Waals surface area contributed by atoms with Crippen molar-refractivity contribution < 1.29 is 23.5 Å². The third kappa shape index (κ3) is 4.13. The van der Waals surface area contributed by atoms with Crippen LogP contribution in [0, 0.1) is 12.7 Å². The van der Waals surface area contributed by atoms with Crippen LogP contribution in [0.2, 0.25) is 0 Å². The van der Waals surface area contributed by atoms with Gasteiger partial charge in [0.1, 0.15) is 18.7 Å². The van der Waals surface area contributed by atoms with Gasteiger partial charge in [0.15, 0.2) is 0 Å². The summed E-state index contributed by atoms with van der Waals surface area (Å²) >= 11 is 0. The molecule has 0 saturated carbocycles. The number of nitrogens with one attached hydrogen (secondary N) is 1. The van der Waals surface area contributed by atoms with E-state index in [4.69, 9.17) is 20.2 Å². The molecule has 3 N–H and O–H groups in total. The maximum atomic E-state index is 15.0. The Morgan fingerprint density at radius 1 is 1.37 bits per heavy atom. The van der Waals surface area contributed by atoms with Crippen molar-refractivity contribution in [3.63, 3.8) is 0 Å². The number of hydrogen-bond donors (Lipinski definition) is 2. The number of aldehydes is 1. The van der Waals surface area contributed by atoms with Crippen LogP contribution in [0.25, 0.3) is 22.3 Å². The number of amides is 1. The quantitative estimate of drug-likeness (QED) is 0.256. The normalized spacial score (nSPS) is 16.3. The topological polar surface area (TPSA) is 126 Å². The minimum atomic E-state index is -0.470. The van der Waals surface area contributed by atoms with E-state index in [2.05, 4.69) is 5.32 Å². The number of carbonyl (C=O) groups is 2. The van der Waals surface area contributed by atoms with Crippen molar-refractivity contribution in [1.82, 2.24) is 14.9 Å². The highest BCUT2D eigenvalue weighted by atomic mass is 19.1. The molecule has 1 aliphatic carbocycles. The van der Waals surface area contributed by atoms with Crippen LogP contribution in [0.1, 0.15) is 65.1 Å². The maximum Gasteiger partial charge on any atom is 0.257 e. The molecule has 2 aromatic heterocycles. The Morgan fingerprint density at radius 3 is 2.84 bits per heavy atom. The first-order valence-electron chi connectivity index (χ1n) is 12.8. The van der Waals surface area contributed by atoms with E-state index in [1.165, 1.54) is 13.2 Å². The SMILES string of the molecule is CCC(C=O)c1cc2n(c(=O)c1COC)Cc1c-2nc2cc(F)c(C)c3c2c1C(NC(=O)COCN)CC3. The third-order valence-electron chi connectivity index (χ3n) is 7.75. The van der Waals surface area contributed by atoms with Gasteiger partial charge < -0.3 is 29.9 Å². The molecule has 38 heavy (non-hydrogen) atoms. The summed E-state index contributed by atoms with van der Waals surface area (Å²) in [5.41, 5.74) is 10.9. The Bertz CT molecular complexity index is 1520. The molecule has 3 aromatic rings. The second kappa shape index (κ2) is 10.4. The van der Waals surface area contributed by atoms with Gasteiger partial charge in [-0.3, -0.25) is 9.59 Å². The number of nitrogens with two attached hydrogens (primary N) is 1. The molecule has 3 heterocycles. The minimum Gasteiger partial charge on any atom is -0.380 e. The molecule has 2 aliphatic rings. The molecule has 0 spiro atoms. The Morgan fingerprint density at radius 2 is 2.16 bits per heavy atom. The summed E-state index contributed by atoms with van der Waals surface area (Å²) in [5.74, 6) is -1.12. The Kier molecular flexibility index (Phi) is 7.13. The molecular weight excluding hydrogens is 491 g/mol. The standard InChI is InChI=1S/C28H31FN4O5/c1-4-15(10-34)17-7-23-27-18(9-33(23)28(36)19(17)11-37-3)26-21(31-24(35)12-38-13-30)6-5-16-14(2)20(29)8-22(32-27)25(16)26/h7-8,10,15,21H,4-6,9,11-13,30H2,1-3H3,(H,31,35). The molecule has 5 rings (SSSR count). The van der Waals surface area contributed by atoms with Crippen molar-refractivity contribution in [3.8, 4) is 11.4 Å². The molecule has 2 unspecified atom stereocenters. The number of pyridine rings is 2. The van der Waals surface area contributed by atoms with E-state index in [0.717, 1.165) is 28.4 Å². The lowest BCUT2D eigenvalue weighted by Gasteiger charge is -2.29. The fraction of sp³-hybridized carbons (Fsp3) is 0.429. The van der Waals surface area contributed by atoms with E-state index < -0.39 is 5.92 Å². The number of benzene rings is 1. The fourth-order valence-electron chi connectivity index (χ4n) is 5.90. The van der Waals surface area contributed by atoms with E-state index in [-0.39, 0.29) is 49.8 Å². The van der Waals surface area contributed by atoms with Gasteiger partial charge in [-0.1, -0.05) is 6.92 Å². The predicted molar refractivity (Wildman–Crippen MR) is 139 cm³/mol. The smallest absolute Gasteiger partial charge is 0.257 e. The summed E-state index contributed by atoms with van der Waals surface area (Å²) in [6, 6.07) is 2.88. The lowest BCUT2D eigenvalue weighted by molar-refractivity contribution is -0.126. The number of carbonyl (C=O) groups excluding carboxylic acids is 2. The van der Waals surface area contributed by atoms with Crippen molar-refractivity contribution >= 4 is 23.1 Å². The largest absolute Gasteiger partial charge is 0.380 e. The van der Waals surface area contributed by atoms with E-state index in [1.54, 1.807) is 11.5 Å². The molecule has 1 aliphatic heterocycles. The summed E-state index contributed by atoms with van der Waals surface area (Å²) in [6.07, 6.45) is 2.51. The third-order valence-corrected chi connectivity index (χ3v) is 7.75. The van der Waals surface area contributed by atoms with E-state index in [9.17, 15) is 18.8 Å². The number of methoxy groups -OCH3 is 1. The lowest BCUT2D eigenvalue weighted by Crippen LogP contribution is -2.35. The molecule has 200 valence electrons. The second-order valence-corrected chi connectivity index (χ2v) is 9.82. The number of aryl methyl sites for hydroxylation is 1. The molecule has 1 aromatic carbocycles. The Labute approximate surface area is 219 Å². The second-order valence-electron chi connectivity index (χ2n) is 9.82. The maximum absolute atomic E-state index is 15.0. The molecule has 0 bridgehead atoms. The van der Waals surface area contributed by atoms with Crippen molar-refractivity contribution in [2.75, 3.05) is 20.4 Å². The minimum absolute atomic E-state index is 0.0712. The number of hydrogen-bond acceptors (Lipinski definition) is 7. The number of halogens is 1. The van der Waals surface area contributed by atoms with Gasteiger partial charge in [0.2, 0.25) is 5.91 Å². The van der Waals surface area contributed by atoms with Gasteiger partial charge in [0, 0.05) is 35.6 Å². The zero-order valence-corrected chi connectivity index (χ0v) is 21.7. The van der Waals surface area contributed by atoms with E-state index >= 15 is 0 Å². The molecule has 2 atom stereocenters. The first kappa shape index (κ1) is 26.1. The number of rotatable bonds is 9. The van der Waals surface area contributed by atoms with Crippen molar-refractivity contribution in [2.45, 2.75) is 58.2 Å². The summed E-state index contributed by atoms with van der Waals surface area (Å²) in [6.45, 7) is 3.72. The fourth-order valence-corrected chi connectivity index (χ4v) is 5.90. The van der Waals surface area contributed by atoms with Crippen LogP contribution >= 0.6 is 0 Å². The van der Waals surface area contributed by atoms with Crippen LogP contribution in [0.4, 0.5) is 4.39 Å². The van der Waals surface area contributed by atoms with Gasteiger partial charge in [-0.2, -0.15) is 0 Å². The summed E-state index contributed by atoms with van der Waals surface area (Å²) in [5, 5.41) is 3.86. The number of fused-ring (bicyclic) bond motifs is 4. The van der Waals surface area contributed by atoms with E-state index in [0.29, 0.717) is 52.9 Å². The predicted octanol–water partition coefficient (Wildman–Crippen LogP) is 2.75.